The number of rotatable bonds is 1. The SMILES string of the molecule is Nc1nn(-c2ncc[nH]c2=O)cc1Br. The Labute approximate surface area is 86.9 Å². The van der Waals surface area contributed by atoms with Crippen molar-refractivity contribution in [1.82, 2.24) is 19.7 Å². The molecule has 0 spiro atoms. The molecule has 7 heteroatoms. The minimum absolute atomic E-state index is 0.185. The molecule has 2 aromatic rings. The molecule has 14 heavy (non-hydrogen) atoms. The van der Waals surface area contributed by atoms with Crippen molar-refractivity contribution in [3.05, 3.63) is 33.4 Å². The lowest BCUT2D eigenvalue weighted by Gasteiger charge is -1.95. The number of nitrogen functional groups attached to an aromatic ring is 1. The average molecular weight is 256 g/mol. The van der Waals surface area contributed by atoms with Gasteiger partial charge < -0.3 is 10.7 Å². The van der Waals surface area contributed by atoms with Crippen LogP contribution in [-0.4, -0.2) is 19.7 Å². The first-order valence-corrected chi connectivity index (χ1v) is 4.52. The van der Waals surface area contributed by atoms with Crippen LogP contribution in [0, 0.1) is 0 Å². The topological polar surface area (TPSA) is 89.6 Å². The number of hydrogen-bond donors (Lipinski definition) is 2. The monoisotopic (exact) mass is 255 g/mol. The first kappa shape index (κ1) is 8.95. The second-order valence-electron chi connectivity index (χ2n) is 2.55. The number of hydrogen-bond acceptors (Lipinski definition) is 4. The summed E-state index contributed by atoms with van der Waals surface area (Å²) < 4.78 is 1.95. The number of anilines is 1. The van der Waals surface area contributed by atoms with Crippen molar-refractivity contribution in [2.45, 2.75) is 0 Å². The Morgan fingerprint density at radius 2 is 2.36 bits per heavy atom. The zero-order valence-electron chi connectivity index (χ0n) is 6.94. The van der Waals surface area contributed by atoms with E-state index in [0.29, 0.717) is 10.3 Å². The Morgan fingerprint density at radius 3 is 2.93 bits per heavy atom. The van der Waals surface area contributed by atoms with Crippen LogP contribution in [-0.2, 0) is 0 Å². The first-order valence-electron chi connectivity index (χ1n) is 3.73. The summed E-state index contributed by atoms with van der Waals surface area (Å²) in [4.78, 5) is 17.7. The van der Waals surface area contributed by atoms with E-state index < -0.39 is 0 Å². The highest BCUT2D eigenvalue weighted by molar-refractivity contribution is 9.10. The zero-order chi connectivity index (χ0) is 10.1. The summed E-state index contributed by atoms with van der Waals surface area (Å²) in [7, 11) is 0. The minimum atomic E-state index is -0.317. The van der Waals surface area contributed by atoms with Crippen molar-refractivity contribution >= 4 is 21.7 Å². The third-order valence-electron chi connectivity index (χ3n) is 1.60. The average Bonchev–Trinajstić information content (AvgIpc) is 2.48. The number of aromatic nitrogens is 4. The molecule has 0 aromatic carbocycles. The lowest BCUT2D eigenvalue weighted by Crippen LogP contribution is -2.16. The lowest BCUT2D eigenvalue weighted by atomic mass is 10.6. The first-order chi connectivity index (χ1) is 6.68. The van der Waals surface area contributed by atoms with Crippen LogP contribution in [0.25, 0.3) is 5.82 Å². The molecule has 2 rings (SSSR count). The number of H-pyrrole nitrogens is 1. The maximum atomic E-state index is 11.3. The van der Waals surface area contributed by atoms with Crippen molar-refractivity contribution in [2.24, 2.45) is 0 Å². The fourth-order valence-corrected chi connectivity index (χ4v) is 1.26. The minimum Gasteiger partial charge on any atom is -0.381 e. The predicted molar refractivity (Wildman–Crippen MR) is 54.1 cm³/mol. The van der Waals surface area contributed by atoms with E-state index in [9.17, 15) is 4.79 Å². The standard InChI is InChI=1S/C7H6BrN5O/c8-4-3-13(12-5(4)9)6-7(14)11-2-1-10-6/h1-3H,(H2,9,12)(H,11,14). The summed E-state index contributed by atoms with van der Waals surface area (Å²) in [6.07, 6.45) is 4.50. The van der Waals surface area contributed by atoms with Crippen LogP contribution in [0.4, 0.5) is 5.82 Å². The van der Waals surface area contributed by atoms with Crippen LogP contribution < -0.4 is 11.3 Å². The Hall–Kier alpha value is -1.63. The van der Waals surface area contributed by atoms with Crippen LogP contribution >= 0.6 is 15.9 Å². The number of nitrogens with zero attached hydrogens (tertiary/aromatic N) is 3. The van der Waals surface area contributed by atoms with E-state index in [-0.39, 0.29) is 11.4 Å². The van der Waals surface area contributed by atoms with Gasteiger partial charge in [-0.25, -0.2) is 9.67 Å². The maximum Gasteiger partial charge on any atom is 0.293 e. The van der Waals surface area contributed by atoms with Gasteiger partial charge in [0.15, 0.2) is 5.82 Å². The molecule has 0 unspecified atom stereocenters. The number of nitrogens with two attached hydrogens (primary N) is 1. The fraction of sp³-hybridized carbons (Fsp3) is 0. The van der Waals surface area contributed by atoms with Gasteiger partial charge in [0.1, 0.15) is 0 Å². The van der Waals surface area contributed by atoms with Gasteiger partial charge in [0, 0.05) is 18.6 Å². The molecule has 72 valence electrons. The summed E-state index contributed by atoms with van der Waals surface area (Å²) in [5.41, 5.74) is 5.19. The van der Waals surface area contributed by atoms with Crippen LogP contribution in [0.1, 0.15) is 0 Å². The predicted octanol–water partition coefficient (Wildman–Crippen LogP) is 0.300. The normalized spacial score (nSPS) is 10.4. The number of nitrogens with one attached hydrogen (secondary N) is 1. The molecular formula is C7H6BrN5O. The Balaban J connectivity index is 2.61. The lowest BCUT2D eigenvalue weighted by molar-refractivity contribution is 0.828. The van der Waals surface area contributed by atoms with E-state index in [1.807, 2.05) is 0 Å². The number of aromatic amines is 1. The van der Waals surface area contributed by atoms with Crippen molar-refractivity contribution in [2.75, 3.05) is 5.73 Å². The molecule has 0 saturated heterocycles. The summed E-state index contributed by atoms with van der Waals surface area (Å²) in [5, 5.41) is 3.91. The smallest absolute Gasteiger partial charge is 0.293 e. The molecule has 0 aliphatic heterocycles. The Kier molecular flexibility index (Phi) is 2.08. The second-order valence-corrected chi connectivity index (χ2v) is 3.40. The molecule has 0 bridgehead atoms. The van der Waals surface area contributed by atoms with Gasteiger partial charge in [-0.05, 0) is 15.9 Å². The van der Waals surface area contributed by atoms with Crippen LogP contribution in [0.2, 0.25) is 0 Å². The third-order valence-corrected chi connectivity index (χ3v) is 2.21. The van der Waals surface area contributed by atoms with Gasteiger partial charge in [-0.1, -0.05) is 0 Å². The second kappa shape index (κ2) is 3.26. The van der Waals surface area contributed by atoms with Crippen LogP contribution in [0.5, 0.6) is 0 Å². The van der Waals surface area contributed by atoms with Gasteiger partial charge in [-0.2, -0.15) is 0 Å². The van der Waals surface area contributed by atoms with Crippen molar-refractivity contribution in [1.29, 1.82) is 0 Å². The summed E-state index contributed by atoms with van der Waals surface area (Å²) in [6, 6.07) is 0. The molecule has 0 fully saturated rings. The quantitative estimate of drug-likeness (QED) is 0.767. The van der Waals surface area contributed by atoms with E-state index in [1.54, 1.807) is 6.20 Å². The molecule has 0 saturated carbocycles. The van der Waals surface area contributed by atoms with Gasteiger partial charge in [0.25, 0.3) is 5.56 Å². The van der Waals surface area contributed by atoms with Gasteiger partial charge in [0.2, 0.25) is 5.82 Å². The van der Waals surface area contributed by atoms with Crippen LogP contribution in [0.3, 0.4) is 0 Å². The molecule has 2 aromatic heterocycles. The van der Waals surface area contributed by atoms with E-state index in [4.69, 9.17) is 5.73 Å². The molecule has 0 aliphatic rings. The van der Waals surface area contributed by atoms with Crippen molar-refractivity contribution in [3.8, 4) is 5.82 Å². The van der Waals surface area contributed by atoms with E-state index in [1.165, 1.54) is 17.1 Å². The van der Waals surface area contributed by atoms with Crippen molar-refractivity contribution in [3.63, 3.8) is 0 Å². The molecule has 0 aliphatic carbocycles. The number of halogens is 1. The highest BCUT2D eigenvalue weighted by atomic mass is 79.9. The summed E-state index contributed by atoms with van der Waals surface area (Å²) in [6.45, 7) is 0. The van der Waals surface area contributed by atoms with Gasteiger partial charge >= 0.3 is 0 Å². The maximum absolute atomic E-state index is 11.3. The van der Waals surface area contributed by atoms with E-state index in [0.717, 1.165) is 0 Å². The van der Waals surface area contributed by atoms with Crippen molar-refractivity contribution < 1.29 is 0 Å². The molecule has 2 heterocycles. The zero-order valence-corrected chi connectivity index (χ0v) is 8.52. The van der Waals surface area contributed by atoms with Gasteiger partial charge in [-0.15, -0.1) is 5.10 Å². The Bertz CT molecular complexity index is 497. The molecule has 3 N–H and O–H groups in total. The van der Waals surface area contributed by atoms with E-state index in [2.05, 4.69) is 31.0 Å². The Morgan fingerprint density at radius 1 is 1.57 bits per heavy atom. The highest BCUT2D eigenvalue weighted by Gasteiger charge is 2.07. The molecular weight excluding hydrogens is 250 g/mol. The molecule has 0 radical (unpaired) electrons. The van der Waals surface area contributed by atoms with E-state index >= 15 is 0 Å². The summed E-state index contributed by atoms with van der Waals surface area (Å²) in [5.74, 6) is 0.500. The van der Waals surface area contributed by atoms with Gasteiger partial charge in [-0.3, -0.25) is 4.79 Å². The molecule has 0 amide bonds. The van der Waals surface area contributed by atoms with Crippen LogP contribution in [0.15, 0.2) is 27.9 Å². The fourth-order valence-electron chi connectivity index (χ4n) is 0.982. The third kappa shape index (κ3) is 1.41. The largest absolute Gasteiger partial charge is 0.381 e. The summed E-state index contributed by atoms with van der Waals surface area (Å²) >= 11 is 3.19. The highest BCUT2D eigenvalue weighted by Crippen LogP contribution is 2.17. The molecule has 6 nitrogen and oxygen atoms in total. The van der Waals surface area contributed by atoms with Gasteiger partial charge in [0.05, 0.1) is 4.47 Å². The molecule has 0 atom stereocenters.